The summed E-state index contributed by atoms with van der Waals surface area (Å²) in [5.74, 6) is 0.329. The molecule has 0 aliphatic heterocycles. The molecule has 2 amide bonds. The summed E-state index contributed by atoms with van der Waals surface area (Å²) in [7, 11) is 1.78. The molecule has 0 unspecified atom stereocenters. The molecule has 0 aromatic heterocycles. The fraction of sp³-hybridized carbons (Fsp3) is 0.579. The molecule has 1 aliphatic rings. The van der Waals surface area contributed by atoms with Gasteiger partial charge >= 0.3 is 0 Å². The first-order valence-corrected chi connectivity index (χ1v) is 8.73. The molecule has 1 N–H and O–H groups in total. The van der Waals surface area contributed by atoms with Gasteiger partial charge in [0, 0.05) is 13.6 Å². The minimum atomic E-state index is -0.895. The number of para-hydroxylation sites is 2. The van der Waals surface area contributed by atoms with Crippen LogP contribution in [0.2, 0.25) is 0 Å². The zero-order valence-corrected chi connectivity index (χ0v) is 15.1. The van der Waals surface area contributed by atoms with Crippen molar-refractivity contribution in [1.82, 2.24) is 4.90 Å². The van der Waals surface area contributed by atoms with E-state index in [1.54, 1.807) is 18.0 Å². The van der Waals surface area contributed by atoms with Crippen molar-refractivity contribution in [2.24, 2.45) is 5.41 Å². The predicted octanol–water partition coefficient (Wildman–Crippen LogP) is 3.45. The zero-order valence-electron chi connectivity index (χ0n) is 15.1. The van der Waals surface area contributed by atoms with E-state index < -0.39 is 5.41 Å². The van der Waals surface area contributed by atoms with Gasteiger partial charge in [0.25, 0.3) is 0 Å². The SMILES string of the molecule is CCCCN(C)C(=O)C1(C(=O)Nc2ccccc2OC(C)C)CC1. The highest BCUT2D eigenvalue weighted by molar-refractivity contribution is 6.13. The Balaban J connectivity index is 2.08. The Morgan fingerprint density at radius 1 is 1.29 bits per heavy atom. The van der Waals surface area contributed by atoms with Gasteiger partial charge in [0.1, 0.15) is 11.2 Å². The van der Waals surface area contributed by atoms with Crippen molar-refractivity contribution >= 4 is 17.5 Å². The second-order valence-corrected chi connectivity index (χ2v) is 6.78. The van der Waals surface area contributed by atoms with Crippen LogP contribution in [0.25, 0.3) is 0 Å². The number of benzene rings is 1. The van der Waals surface area contributed by atoms with Crippen molar-refractivity contribution in [3.05, 3.63) is 24.3 Å². The van der Waals surface area contributed by atoms with Gasteiger partial charge in [-0.05, 0) is 45.2 Å². The first-order chi connectivity index (χ1) is 11.4. The highest BCUT2D eigenvalue weighted by Gasteiger charge is 2.57. The lowest BCUT2D eigenvalue weighted by Crippen LogP contribution is -2.41. The van der Waals surface area contributed by atoms with Crippen LogP contribution in [0, 0.1) is 5.41 Å². The molecule has 1 aromatic rings. The first-order valence-electron chi connectivity index (χ1n) is 8.73. The average Bonchev–Trinajstić information content (AvgIpc) is 3.35. The molecule has 0 spiro atoms. The number of rotatable bonds is 8. The highest BCUT2D eigenvalue weighted by atomic mass is 16.5. The van der Waals surface area contributed by atoms with Gasteiger partial charge in [-0.2, -0.15) is 0 Å². The van der Waals surface area contributed by atoms with Crippen LogP contribution in [-0.4, -0.2) is 36.4 Å². The van der Waals surface area contributed by atoms with E-state index in [-0.39, 0.29) is 17.9 Å². The molecule has 1 saturated carbocycles. The third kappa shape index (κ3) is 4.08. The van der Waals surface area contributed by atoms with Gasteiger partial charge in [0.2, 0.25) is 11.8 Å². The Kier molecular flexibility index (Phi) is 5.86. The summed E-state index contributed by atoms with van der Waals surface area (Å²) in [4.78, 5) is 27.1. The van der Waals surface area contributed by atoms with Crippen LogP contribution in [0.15, 0.2) is 24.3 Å². The van der Waals surface area contributed by atoms with E-state index in [9.17, 15) is 9.59 Å². The maximum Gasteiger partial charge on any atom is 0.240 e. The van der Waals surface area contributed by atoms with Gasteiger partial charge in [-0.1, -0.05) is 25.5 Å². The van der Waals surface area contributed by atoms with Crippen molar-refractivity contribution in [2.45, 2.75) is 52.6 Å². The Morgan fingerprint density at radius 3 is 2.54 bits per heavy atom. The number of ether oxygens (including phenoxy) is 1. The third-order valence-corrected chi connectivity index (χ3v) is 4.29. The van der Waals surface area contributed by atoms with Crippen LogP contribution in [0.3, 0.4) is 0 Å². The molecule has 0 saturated heterocycles. The van der Waals surface area contributed by atoms with Crippen LogP contribution in [0.4, 0.5) is 5.69 Å². The van der Waals surface area contributed by atoms with Crippen LogP contribution < -0.4 is 10.1 Å². The quantitative estimate of drug-likeness (QED) is 0.742. The molecule has 5 heteroatoms. The number of hydrogen-bond donors (Lipinski definition) is 1. The summed E-state index contributed by atoms with van der Waals surface area (Å²) in [6.45, 7) is 6.65. The number of carbonyl (C=O) groups excluding carboxylic acids is 2. The lowest BCUT2D eigenvalue weighted by atomic mass is 10.0. The molecule has 0 heterocycles. The predicted molar refractivity (Wildman–Crippen MR) is 95.0 cm³/mol. The minimum Gasteiger partial charge on any atom is -0.489 e. The van der Waals surface area contributed by atoms with E-state index in [1.807, 2.05) is 32.0 Å². The Morgan fingerprint density at radius 2 is 1.96 bits per heavy atom. The van der Waals surface area contributed by atoms with E-state index in [1.165, 1.54) is 0 Å². The fourth-order valence-electron chi connectivity index (χ4n) is 2.69. The van der Waals surface area contributed by atoms with Gasteiger partial charge < -0.3 is 15.0 Å². The molecule has 1 aromatic carbocycles. The molecular weight excluding hydrogens is 304 g/mol. The molecule has 2 rings (SSSR count). The monoisotopic (exact) mass is 332 g/mol. The lowest BCUT2D eigenvalue weighted by molar-refractivity contribution is -0.141. The van der Waals surface area contributed by atoms with E-state index in [0.717, 1.165) is 12.8 Å². The molecule has 1 fully saturated rings. The van der Waals surface area contributed by atoms with Gasteiger partial charge in [-0.15, -0.1) is 0 Å². The van der Waals surface area contributed by atoms with Crippen LogP contribution in [0.5, 0.6) is 5.75 Å². The summed E-state index contributed by atoms with van der Waals surface area (Å²) < 4.78 is 5.73. The summed E-state index contributed by atoms with van der Waals surface area (Å²) >= 11 is 0. The number of anilines is 1. The number of unbranched alkanes of at least 4 members (excludes halogenated alkanes) is 1. The third-order valence-electron chi connectivity index (χ3n) is 4.29. The topological polar surface area (TPSA) is 58.6 Å². The van der Waals surface area contributed by atoms with Crippen molar-refractivity contribution in [1.29, 1.82) is 0 Å². The molecule has 0 radical (unpaired) electrons. The number of carbonyl (C=O) groups is 2. The van der Waals surface area contributed by atoms with E-state index >= 15 is 0 Å². The molecule has 24 heavy (non-hydrogen) atoms. The van der Waals surface area contributed by atoms with Gasteiger partial charge in [-0.3, -0.25) is 9.59 Å². The second-order valence-electron chi connectivity index (χ2n) is 6.78. The summed E-state index contributed by atoms with van der Waals surface area (Å²) in [6, 6.07) is 7.34. The fourth-order valence-corrected chi connectivity index (χ4v) is 2.69. The average molecular weight is 332 g/mol. The zero-order chi connectivity index (χ0) is 17.7. The van der Waals surface area contributed by atoms with Crippen molar-refractivity contribution in [3.63, 3.8) is 0 Å². The smallest absolute Gasteiger partial charge is 0.240 e. The standard InChI is InChI=1S/C19H28N2O3/c1-5-6-13-21(4)18(23)19(11-12-19)17(22)20-15-9-7-8-10-16(15)24-14(2)3/h7-10,14H,5-6,11-13H2,1-4H3,(H,20,22). The normalized spacial score (nSPS) is 15.0. The summed E-state index contributed by atoms with van der Waals surface area (Å²) in [5, 5.41) is 2.90. The molecule has 0 bridgehead atoms. The van der Waals surface area contributed by atoms with E-state index in [0.29, 0.717) is 30.8 Å². The van der Waals surface area contributed by atoms with Crippen LogP contribution in [-0.2, 0) is 9.59 Å². The Hall–Kier alpha value is -2.04. The maximum absolute atomic E-state index is 12.7. The molecule has 132 valence electrons. The summed E-state index contributed by atoms with van der Waals surface area (Å²) in [6.07, 6.45) is 3.21. The number of hydrogen-bond acceptors (Lipinski definition) is 3. The largest absolute Gasteiger partial charge is 0.489 e. The maximum atomic E-state index is 12.7. The second kappa shape index (κ2) is 7.69. The van der Waals surface area contributed by atoms with Crippen molar-refractivity contribution in [2.75, 3.05) is 18.9 Å². The van der Waals surface area contributed by atoms with E-state index in [2.05, 4.69) is 12.2 Å². The highest BCUT2D eigenvalue weighted by Crippen LogP contribution is 2.48. The Bertz CT molecular complexity index is 594. The Labute approximate surface area is 144 Å². The number of nitrogens with zero attached hydrogens (tertiary/aromatic N) is 1. The van der Waals surface area contributed by atoms with Crippen molar-refractivity contribution in [3.8, 4) is 5.75 Å². The van der Waals surface area contributed by atoms with Crippen LogP contribution >= 0.6 is 0 Å². The van der Waals surface area contributed by atoms with E-state index in [4.69, 9.17) is 4.74 Å². The van der Waals surface area contributed by atoms with Crippen LogP contribution in [0.1, 0.15) is 46.5 Å². The number of nitrogens with one attached hydrogen (secondary N) is 1. The van der Waals surface area contributed by atoms with Gasteiger partial charge in [0.15, 0.2) is 0 Å². The number of amides is 2. The minimum absolute atomic E-state index is 0.0137. The van der Waals surface area contributed by atoms with Crippen molar-refractivity contribution < 1.29 is 14.3 Å². The molecule has 0 atom stereocenters. The van der Waals surface area contributed by atoms with Gasteiger partial charge in [-0.25, -0.2) is 0 Å². The lowest BCUT2D eigenvalue weighted by Gasteiger charge is -2.23. The molecular formula is C19H28N2O3. The molecule has 5 nitrogen and oxygen atoms in total. The first kappa shape index (κ1) is 18.3. The van der Waals surface area contributed by atoms with Gasteiger partial charge in [0.05, 0.1) is 11.8 Å². The molecule has 1 aliphatic carbocycles. The summed E-state index contributed by atoms with van der Waals surface area (Å²) in [5.41, 5.74) is -0.278.